The predicted molar refractivity (Wildman–Crippen MR) is 52.6 cm³/mol. The number of carboxylic acids is 1. The summed E-state index contributed by atoms with van der Waals surface area (Å²) >= 11 is 0. The van der Waals surface area contributed by atoms with Crippen LogP contribution in [0.3, 0.4) is 0 Å². The molecule has 1 unspecified atom stereocenters. The molecule has 1 atom stereocenters. The smallest absolute Gasteiger partial charge is 0.396 e. The Kier molecular flexibility index (Phi) is 4.24. The van der Waals surface area contributed by atoms with Gasteiger partial charge in [0.25, 0.3) is 0 Å². The largest absolute Gasteiger partial charge is 0.480 e. The van der Waals surface area contributed by atoms with Gasteiger partial charge in [-0.3, -0.25) is 14.5 Å². The summed E-state index contributed by atoms with van der Waals surface area (Å²) < 4.78 is 4.25. The van der Waals surface area contributed by atoms with Gasteiger partial charge in [0, 0.05) is 19.1 Å². The summed E-state index contributed by atoms with van der Waals surface area (Å²) in [5, 5.41) is 11.0. The van der Waals surface area contributed by atoms with Crippen molar-refractivity contribution in [2.45, 2.75) is 12.5 Å². The van der Waals surface area contributed by atoms with Gasteiger partial charge in [-0.2, -0.15) is 0 Å². The van der Waals surface area contributed by atoms with E-state index in [2.05, 4.69) is 10.1 Å². The number of nitrogens with one attached hydrogen (secondary N) is 1. The number of carbonyl (C=O) groups excluding carboxylic acids is 2. The van der Waals surface area contributed by atoms with Crippen LogP contribution in [0, 0.1) is 0 Å². The zero-order chi connectivity index (χ0) is 12.1. The lowest BCUT2D eigenvalue weighted by Gasteiger charge is -2.13. The second kappa shape index (κ2) is 5.45. The van der Waals surface area contributed by atoms with Crippen LogP contribution in [0.15, 0.2) is 0 Å². The number of amides is 1. The van der Waals surface area contributed by atoms with E-state index in [1.807, 2.05) is 0 Å². The minimum atomic E-state index is -0.934. The molecule has 0 bridgehead atoms. The van der Waals surface area contributed by atoms with Crippen LogP contribution in [0.25, 0.3) is 0 Å². The van der Waals surface area contributed by atoms with Crippen molar-refractivity contribution in [3.8, 4) is 0 Å². The fraction of sp³-hybridized carbons (Fsp3) is 0.667. The van der Waals surface area contributed by atoms with Crippen molar-refractivity contribution < 1.29 is 24.2 Å². The van der Waals surface area contributed by atoms with E-state index in [0.29, 0.717) is 19.5 Å². The summed E-state index contributed by atoms with van der Waals surface area (Å²) in [7, 11) is 1.13. The summed E-state index contributed by atoms with van der Waals surface area (Å²) in [6, 6.07) is -0.189. The molecule has 2 N–H and O–H groups in total. The van der Waals surface area contributed by atoms with Crippen LogP contribution in [0.4, 0.5) is 0 Å². The van der Waals surface area contributed by atoms with Gasteiger partial charge >= 0.3 is 17.8 Å². The maximum absolute atomic E-state index is 11.1. The second-order valence-electron chi connectivity index (χ2n) is 3.58. The number of methoxy groups -OCH3 is 1. The highest BCUT2D eigenvalue weighted by Crippen LogP contribution is 2.08. The number of ether oxygens (including phenoxy) is 1. The Hall–Kier alpha value is -1.63. The Morgan fingerprint density at radius 1 is 1.50 bits per heavy atom. The molecular formula is C9H14N2O5. The lowest BCUT2D eigenvalue weighted by molar-refractivity contribution is -0.153. The quantitative estimate of drug-likeness (QED) is 0.449. The van der Waals surface area contributed by atoms with E-state index in [-0.39, 0.29) is 12.6 Å². The van der Waals surface area contributed by atoms with Crippen molar-refractivity contribution >= 4 is 17.8 Å². The highest BCUT2D eigenvalue weighted by atomic mass is 16.5. The molecule has 1 saturated heterocycles. The first-order valence-corrected chi connectivity index (χ1v) is 4.86. The molecule has 1 aliphatic heterocycles. The van der Waals surface area contributed by atoms with E-state index in [1.165, 1.54) is 0 Å². The number of nitrogens with zero attached hydrogens (tertiary/aromatic N) is 1. The highest BCUT2D eigenvalue weighted by Gasteiger charge is 2.27. The topological polar surface area (TPSA) is 95.9 Å². The maximum Gasteiger partial charge on any atom is 0.396 e. The van der Waals surface area contributed by atoms with Crippen LogP contribution in [0.1, 0.15) is 6.42 Å². The Labute approximate surface area is 92.4 Å². The Morgan fingerprint density at radius 2 is 2.19 bits per heavy atom. The average Bonchev–Trinajstić information content (AvgIpc) is 2.63. The molecule has 1 aliphatic rings. The van der Waals surface area contributed by atoms with Gasteiger partial charge in [-0.15, -0.1) is 0 Å². The number of aliphatic carboxylic acids is 1. The number of carboxylic acid groups (broad SMARTS) is 1. The number of likely N-dealkylation sites (tertiary alicyclic amines) is 1. The van der Waals surface area contributed by atoms with Gasteiger partial charge in [-0.1, -0.05) is 0 Å². The summed E-state index contributed by atoms with van der Waals surface area (Å²) in [5.41, 5.74) is 0. The van der Waals surface area contributed by atoms with E-state index in [9.17, 15) is 14.4 Å². The van der Waals surface area contributed by atoms with Crippen molar-refractivity contribution in [3.63, 3.8) is 0 Å². The van der Waals surface area contributed by atoms with Crippen LogP contribution >= 0.6 is 0 Å². The predicted octanol–water partition coefficient (Wildman–Crippen LogP) is -1.57. The average molecular weight is 230 g/mol. The van der Waals surface area contributed by atoms with E-state index < -0.39 is 17.8 Å². The van der Waals surface area contributed by atoms with Crippen LogP contribution in [-0.4, -0.2) is 60.6 Å². The molecule has 1 fully saturated rings. The Balaban J connectivity index is 2.34. The van der Waals surface area contributed by atoms with Crippen LogP contribution in [0.2, 0.25) is 0 Å². The molecule has 0 saturated carbocycles. The summed E-state index contributed by atoms with van der Waals surface area (Å²) in [6.45, 7) is 0.984. The van der Waals surface area contributed by atoms with Crippen molar-refractivity contribution in [1.29, 1.82) is 0 Å². The minimum absolute atomic E-state index is 0.0510. The number of hydrogen-bond acceptors (Lipinski definition) is 5. The lowest BCUT2D eigenvalue weighted by Crippen LogP contribution is -2.41. The number of carbonyl (C=O) groups is 3. The number of esters is 1. The van der Waals surface area contributed by atoms with Gasteiger partial charge < -0.3 is 15.2 Å². The molecule has 90 valence electrons. The standard InChI is InChI=1S/C9H14N2O5/c1-16-9(15)8(14)10-6-2-3-11(4-6)5-7(12)13/h6H,2-5H2,1H3,(H,10,14)(H,12,13). The molecule has 0 aromatic heterocycles. The van der Waals surface area contributed by atoms with Gasteiger partial charge in [-0.25, -0.2) is 4.79 Å². The summed E-state index contributed by atoms with van der Waals surface area (Å²) in [5.74, 6) is -2.62. The van der Waals surface area contributed by atoms with E-state index in [4.69, 9.17) is 5.11 Å². The van der Waals surface area contributed by atoms with Gasteiger partial charge in [0.05, 0.1) is 13.7 Å². The SMILES string of the molecule is COC(=O)C(=O)NC1CCN(CC(=O)O)C1. The zero-order valence-corrected chi connectivity index (χ0v) is 8.93. The van der Waals surface area contributed by atoms with E-state index in [0.717, 1.165) is 7.11 Å². The molecule has 7 nitrogen and oxygen atoms in total. The van der Waals surface area contributed by atoms with Crippen LogP contribution in [0.5, 0.6) is 0 Å². The second-order valence-corrected chi connectivity index (χ2v) is 3.58. The van der Waals surface area contributed by atoms with Gasteiger partial charge in [0.1, 0.15) is 0 Å². The molecule has 7 heteroatoms. The molecule has 0 aromatic carbocycles. The molecule has 0 spiro atoms. The molecule has 16 heavy (non-hydrogen) atoms. The molecule has 0 aromatic rings. The maximum atomic E-state index is 11.1. The molecule has 0 aliphatic carbocycles. The molecule has 1 amide bonds. The minimum Gasteiger partial charge on any atom is -0.480 e. The van der Waals surface area contributed by atoms with Crippen LogP contribution < -0.4 is 5.32 Å². The van der Waals surface area contributed by atoms with Gasteiger partial charge in [0.15, 0.2) is 0 Å². The molecular weight excluding hydrogens is 216 g/mol. The third kappa shape index (κ3) is 3.50. The van der Waals surface area contributed by atoms with Crippen molar-refractivity contribution in [3.05, 3.63) is 0 Å². The molecule has 0 radical (unpaired) electrons. The first-order valence-electron chi connectivity index (χ1n) is 4.86. The number of hydrogen-bond donors (Lipinski definition) is 2. The highest BCUT2D eigenvalue weighted by molar-refractivity contribution is 6.32. The monoisotopic (exact) mass is 230 g/mol. The van der Waals surface area contributed by atoms with Crippen LogP contribution in [-0.2, 0) is 19.1 Å². The van der Waals surface area contributed by atoms with E-state index in [1.54, 1.807) is 4.90 Å². The Morgan fingerprint density at radius 3 is 2.75 bits per heavy atom. The first-order chi connectivity index (χ1) is 7.52. The number of rotatable bonds is 3. The summed E-state index contributed by atoms with van der Waals surface area (Å²) in [4.78, 5) is 34.1. The normalized spacial score (nSPS) is 20.4. The zero-order valence-electron chi connectivity index (χ0n) is 8.93. The third-order valence-corrected chi connectivity index (χ3v) is 2.34. The third-order valence-electron chi connectivity index (χ3n) is 2.34. The Bertz CT molecular complexity index is 304. The van der Waals surface area contributed by atoms with Gasteiger partial charge in [0.2, 0.25) is 0 Å². The van der Waals surface area contributed by atoms with Crippen molar-refractivity contribution in [2.24, 2.45) is 0 Å². The first kappa shape index (κ1) is 12.4. The summed E-state index contributed by atoms with van der Waals surface area (Å²) in [6.07, 6.45) is 0.635. The van der Waals surface area contributed by atoms with Gasteiger partial charge in [-0.05, 0) is 6.42 Å². The van der Waals surface area contributed by atoms with Crippen molar-refractivity contribution in [1.82, 2.24) is 10.2 Å². The van der Waals surface area contributed by atoms with E-state index >= 15 is 0 Å². The van der Waals surface area contributed by atoms with Crippen molar-refractivity contribution in [2.75, 3.05) is 26.7 Å². The molecule has 1 rings (SSSR count). The fourth-order valence-corrected chi connectivity index (χ4v) is 1.62. The lowest BCUT2D eigenvalue weighted by atomic mass is 10.2. The molecule has 1 heterocycles. The fourth-order valence-electron chi connectivity index (χ4n) is 1.62.